The number of likely N-dealkylation sites (tertiary alicyclic amines) is 1. The molecule has 5 nitrogen and oxygen atoms in total. The summed E-state index contributed by atoms with van der Waals surface area (Å²) in [5.41, 5.74) is 8.09. The van der Waals surface area contributed by atoms with Crippen molar-refractivity contribution < 1.29 is 9.59 Å². The van der Waals surface area contributed by atoms with Crippen LogP contribution in [-0.4, -0.2) is 35.8 Å². The summed E-state index contributed by atoms with van der Waals surface area (Å²) in [6.45, 7) is 7.05. The molecule has 0 spiro atoms. The summed E-state index contributed by atoms with van der Waals surface area (Å²) < 4.78 is 0. The topological polar surface area (TPSA) is 75.4 Å². The van der Waals surface area contributed by atoms with Gasteiger partial charge in [0.05, 0.1) is 12.5 Å². The highest BCUT2D eigenvalue weighted by atomic mass is 16.2. The van der Waals surface area contributed by atoms with Crippen molar-refractivity contribution in [2.24, 2.45) is 11.7 Å². The van der Waals surface area contributed by atoms with E-state index in [4.69, 9.17) is 5.73 Å². The zero-order valence-corrected chi connectivity index (χ0v) is 14.9. The number of piperidine rings is 1. The van der Waals surface area contributed by atoms with Gasteiger partial charge in [-0.2, -0.15) is 0 Å². The van der Waals surface area contributed by atoms with Crippen LogP contribution < -0.4 is 11.1 Å². The smallest absolute Gasteiger partial charge is 0.224 e. The van der Waals surface area contributed by atoms with Gasteiger partial charge in [0.1, 0.15) is 0 Å². The fourth-order valence-corrected chi connectivity index (χ4v) is 3.27. The van der Waals surface area contributed by atoms with Gasteiger partial charge >= 0.3 is 0 Å². The molecule has 24 heavy (non-hydrogen) atoms. The summed E-state index contributed by atoms with van der Waals surface area (Å²) in [5, 5.41) is 2.91. The second-order valence-electron chi connectivity index (χ2n) is 6.95. The minimum absolute atomic E-state index is 0.0949. The van der Waals surface area contributed by atoms with E-state index in [1.807, 2.05) is 43.0 Å². The molecule has 5 heteroatoms. The van der Waals surface area contributed by atoms with Crippen molar-refractivity contribution in [1.82, 2.24) is 10.2 Å². The maximum atomic E-state index is 12.7. The van der Waals surface area contributed by atoms with Crippen molar-refractivity contribution in [3.63, 3.8) is 0 Å². The van der Waals surface area contributed by atoms with Crippen LogP contribution in [-0.2, 0) is 9.59 Å². The van der Waals surface area contributed by atoms with Crippen LogP contribution in [0, 0.1) is 12.8 Å². The largest absolute Gasteiger partial charge is 0.349 e. The van der Waals surface area contributed by atoms with Crippen molar-refractivity contribution in [2.45, 2.75) is 52.1 Å². The Morgan fingerprint density at radius 2 is 1.83 bits per heavy atom. The number of benzene rings is 1. The number of nitrogens with zero attached hydrogens (tertiary/aromatic N) is 1. The van der Waals surface area contributed by atoms with E-state index >= 15 is 0 Å². The second kappa shape index (κ2) is 8.29. The molecule has 1 aromatic rings. The van der Waals surface area contributed by atoms with E-state index in [1.54, 1.807) is 0 Å². The number of carbonyl (C=O) groups is 2. The number of rotatable bonds is 5. The molecule has 2 rings (SSSR count). The monoisotopic (exact) mass is 331 g/mol. The highest BCUT2D eigenvalue weighted by Gasteiger charge is 2.27. The minimum Gasteiger partial charge on any atom is -0.349 e. The third-order valence-corrected chi connectivity index (χ3v) is 4.87. The normalized spacial score (nSPS) is 18.1. The Kier molecular flexibility index (Phi) is 6.37. The zero-order valence-electron chi connectivity index (χ0n) is 14.9. The Bertz CT molecular complexity index is 560. The lowest BCUT2D eigenvalue weighted by Crippen LogP contribution is -2.43. The van der Waals surface area contributed by atoms with E-state index in [9.17, 15) is 9.59 Å². The number of hydrogen-bond acceptors (Lipinski definition) is 3. The molecule has 2 unspecified atom stereocenters. The number of nitrogens with two attached hydrogens (primary N) is 1. The fourth-order valence-electron chi connectivity index (χ4n) is 3.27. The van der Waals surface area contributed by atoms with Gasteiger partial charge in [-0.05, 0) is 38.2 Å². The van der Waals surface area contributed by atoms with Crippen molar-refractivity contribution >= 4 is 11.8 Å². The molecule has 0 radical (unpaired) electrons. The second-order valence-corrected chi connectivity index (χ2v) is 6.95. The molecule has 1 fully saturated rings. The van der Waals surface area contributed by atoms with Gasteiger partial charge in [-0.3, -0.25) is 9.59 Å². The summed E-state index contributed by atoms with van der Waals surface area (Å²) in [4.78, 5) is 26.1. The lowest BCUT2D eigenvalue weighted by atomic mass is 9.90. The van der Waals surface area contributed by atoms with Crippen molar-refractivity contribution in [1.29, 1.82) is 0 Å². The van der Waals surface area contributed by atoms with E-state index in [1.165, 1.54) is 6.92 Å². The molecule has 1 saturated heterocycles. The predicted octanol–water partition coefficient (Wildman–Crippen LogP) is 2.15. The molecule has 3 N–H and O–H groups in total. The Hall–Kier alpha value is -1.88. The van der Waals surface area contributed by atoms with Crippen molar-refractivity contribution in [3.8, 4) is 0 Å². The molecular formula is C19H29N3O2. The van der Waals surface area contributed by atoms with Crippen molar-refractivity contribution in [3.05, 3.63) is 35.4 Å². The van der Waals surface area contributed by atoms with E-state index in [0.717, 1.165) is 37.1 Å². The lowest BCUT2D eigenvalue weighted by Gasteiger charge is -2.34. The van der Waals surface area contributed by atoms with E-state index in [2.05, 4.69) is 5.32 Å². The molecule has 132 valence electrons. The number of carbonyl (C=O) groups excluding carboxylic acids is 2. The maximum Gasteiger partial charge on any atom is 0.224 e. The maximum absolute atomic E-state index is 12.7. The van der Waals surface area contributed by atoms with Gasteiger partial charge in [0, 0.05) is 26.1 Å². The van der Waals surface area contributed by atoms with Crippen LogP contribution in [0.25, 0.3) is 0 Å². The van der Waals surface area contributed by atoms with Crippen molar-refractivity contribution in [2.75, 3.05) is 13.1 Å². The Morgan fingerprint density at radius 1 is 1.25 bits per heavy atom. The number of amides is 2. The first-order chi connectivity index (χ1) is 11.4. The first-order valence-corrected chi connectivity index (χ1v) is 8.74. The minimum atomic E-state index is -0.276. The third kappa shape index (κ3) is 5.06. The quantitative estimate of drug-likeness (QED) is 0.868. The molecule has 0 bridgehead atoms. The summed E-state index contributed by atoms with van der Waals surface area (Å²) in [6.07, 6.45) is 2.21. The highest BCUT2D eigenvalue weighted by Crippen LogP contribution is 2.23. The van der Waals surface area contributed by atoms with E-state index in [0.29, 0.717) is 12.3 Å². The molecule has 1 aliphatic rings. The lowest BCUT2D eigenvalue weighted by molar-refractivity contribution is -0.133. The Morgan fingerprint density at radius 3 is 2.33 bits per heavy atom. The molecule has 2 amide bonds. The number of aryl methyl sites for hydroxylation is 1. The average molecular weight is 331 g/mol. The molecule has 1 heterocycles. The summed E-state index contributed by atoms with van der Waals surface area (Å²) >= 11 is 0. The molecule has 2 atom stereocenters. The van der Waals surface area contributed by atoms with Crippen LogP contribution in [0.15, 0.2) is 24.3 Å². The molecular weight excluding hydrogens is 302 g/mol. The third-order valence-electron chi connectivity index (χ3n) is 4.87. The predicted molar refractivity (Wildman–Crippen MR) is 95.3 cm³/mol. The standard InChI is InChI=1S/C19H29N3O2/c1-13-4-6-17(7-5-13)18(21-15(3)23)12-19(24)22-10-8-16(9-11-22)14(2)20/h4-7,14,16,18H,8-12,20H2,1-3H3,(H,21,23). The van der Waals surface area contributed by atoms with Crippen LogP contribution in [0.2, 0.25) is 0 Å². The van der Waals surface area contributed by atoms with Gasteiger partial charge in [0.2, 0.25) is 11.8 Å². The first kappa shape index (κ1) is 18.5. The molecule has 0 saturated carbocycles. The van der Waals surface area contributed by atoms with Gasteiger partial charge in [-0.15, -0.1) is 0 Å². The Balaban J connectivity index is 2.00. The summed E-state index contributed by atoms with van der Waals surface area (Å²) in [5.74, 6) is 0.471. The molecule has 0 aliphatic carbocycles. The fraction of sp³-hybridized carbons (Fsp3) is 0.579. The van der Waals surface area contributed by atoms with Crippen LogP contribution >= 0.6 is 0 Å². The zero-order chi connectivity index (χ0) is 17.7. The Labute approximate surface area is 144 Å². The van der Waals surface area contributed by atoms with Crippen LogP contribution in [0.5, 0.6) is 0 Å². The average Bonchev–Trinajstić information content (AvgIpc) is 2.54. The van der Waals surface area contributed by atoms with Gasteiger partial charge in [-0.1, -0.05) is 29.8 Å². The van der Waals surface area contributed by atoms with Gasteiger partial charge in [0.25, 0.3) is 0 Å². The van der Waals surface area contributed by atoms with E-state index in [-0.39, 0.29) is 23.9 Å². The van der Waals surface area contributed by atoms with E-state index < -0.39 is 0 Å². The van der Waals surface area contributed by atoms with Gasteiger partial charge < -0.3 is 16.0 Å². The number of hydrogen-bond donors (Lipinski definition) is 2. The molecule has 1 aromatic carbocycles. The first-order valence-electron chi connectivity index (χ1n) is 8.74. The molecule has 1 aliphatic heterocycles. The van der Waals surface area contributed by atoms with Crippen LogP contribution in [0.1, 0.15) is 50.3 Å². The number of nitrogens with one attached hydrogen (secondary N) is 1. The summed E-state index contributed by atoms with van der Waals surface area (Å²) in [7, 11) is 0. The summed E-state index contributed by atoms with van der Waals surface area (Å²) in [6, 6.07) is 7.87. The van der Waals surface area contributed by atoms with Crippen LogP contribution in [0.4, 0.5) is 0 Å². The van der Waals surface area contributed by atoms with Gasteiger partial charge in [-0.25, -0.2) is 0 Å². The van der Waals surface area contributed by atoms with Crippen LogP contribution in [0.3, 0.4) is 0 Å². The molecule has 0 aromatic heterocycles. The van der Waals surface area contributed by atoms with Gasteiger partial charge in [0.15, 0.2) is 0 Å². The SMILES string of the molecule is CC(=O)NC(CC(=O)N1CCC(C(C)N)CC1)c1ccc(C)cc1. The highest BCUT2D eigenvalue weighted by molar-refractivity contribution is 5.79.